The second-order valence-electron chi connectivity index (χ2n) is 4.99. The minimum Gasteiger partial charge on any atom is -0.266 e. The van der Waals surface area contributed by atoms with E-state index in [1.54, 1.807) is 18.1 Å². The summed E-state index contributed by atoms with van der Waals surface area (Å²) in [6.45, 7) is 0. The minimum atomic E-state index is 0.118. The molecule has 5 heteroatoms. The molecule has 1 aliphatic heterocycles. The maximum atomic E-state index is 4.95. The molecule has 2 atom stereocenters. The van der Waals surface area contributed by atoms with Gasteiger partial charge in [0.1, 0.15) is 11.4 Å². The molecule has 0 radical (unpaired) electrons. The van der Waals surface area contributed by atoms with Crippen LogP contribution in [0.4, 0.5) is 0 Å². The Labute approximate surface area is 137 Å². The third kappa shape index (κ3) is 2.58. The molecular weight excluding hydrogens is 310 g/mol. The fourth-order valence-corrected chi connectivity index (χ4v) is 4.46. The van der Waals surface area contributed by atoms with Gasteiger partial charge in [-0.2, -0.15) is 4.37 Å². The number of nitrogens with zero attached hydrogens (tertiary/aromatic N) is 3. The van der Waals surface area contributed by atoms with Crippen LogP contribution in [0.5, 0.6) is 0 Å². The van der Waals surface area contributed by atoms with Crippen molar-refractivity contribution in [2.45, 2.75) is 11.3 Å². The van der Waals surface area contributed by atoms with Gasteiger partial charge in [0.25, 0.3) is 0 Å². The van der Waals surface area contributed by atoms with Crippen molar-refractivity contribution in [3.8, 4) is 0 Å². The monoisotopic (exact) mass is 323 g/mol. The third-order valence-corrected chi connectivity index (χ3v) is 5.70. The van der Waals surface area contributed by atoms with Crippen LogP contribution in [0.3, 0.4) is 0 Å². The lowest BCUT2D eigenvalue weighted by Crippen LogP contribution is -2.02. The smallest absolute Gasteiger partial charge is 0.168 e. The third-order valence-electron chi connectivity index (χ3n) is 3.60. The molecule has 108 valence electrons. The Balaban J connectivity index is 1.75. The molecule has 3 aromatic rings. The fraction of sp³-hybridized carbons (Fsp3) is 0.118. The number of hydrogen-bond donors (Lipinski definition) is 0. The zero-order chi connectivity index (χ0) is 14.8. The number of hydrogen-bond acceptors (Lipinski definition) is 5. The summed E-state index contributed by atoms with van der Waals surface area (Å²) in [5, 5.41) is 2.18. The Morgan fingerprint density at radius 1 is 0.818 bits per heavy atom. The van der Waals surface area contributed by atoms with E-state index in [0.717, 1.165) is 10.1 Å². The first-order valence-electron chi connectivity index (χ1n) is 7.03. The van der Waals surface area contributed by atoms with Crippen molar-refractivity contribution in [3.63, 3.8) is 0 Å². The SMILES string of the molecule is c1ccc(C2N=C(c3ncns3)SC2c2ccccc2)cc1. The highest BCUT2D eigenvalue weighted by Crippen LogP contribution is 2.49. The normalized spacial score (nSPS) is 20.8. The van der Waals surface area contributed by atoms with Crippen LogP contribution in [0.1, 0.15) is 27.4 Å². The molecular formula is C17H13N3S2. The molecule has 0 fully saturated rings. The zero-order valence-corrected chi connectivity index (χ0v) is 13.3. The van der Waals surface area contributed by atoms with Crippen molar-refractivity contribution in [3.05, 3.63) is 83.1 Å². The van der Waals surface area contributed by atoms with Crippen molar-refractivity contribution >= 4 is 28.3 Å². The number of thioether (sulfide) groups is 1. The largest absolute Gasteiger partial charge is 0.266 e. The van der Waals surface area contributed by atoms with E-state index in [4.69, 9.17) is 4.99 Å². The lowest BCUT2D eigenvalue weighted by Gasteiger charge is -2.17. The molecule has 1 aliphatic rings. The molecule has 0 spiro atoms. The van der Waals surface area contributed by atoms with Gasteiger partial charge in [-0.15, -0.1) is 0 Å². The van der Waals surface area contributed by atoms with Gasteiger partial charge >= 0.3 is 0 Å². The van der Waals surface area contributed by atoms with E-state index in [-0.39, 0.29) is 11.3 Å². The number of aromatic nitrogens is 2. The van der Waals surface area contributed by atoms with Gasteiger partial charge in [-0.1, -0.05) is 72.4 Å². The van der Waals surface area contributed by atoms with Crippen molar-refractivity contribution < 1.29 is 0 Å². The van der Waals surface area contributed by atoms with Crippen LogP contribution in [0.2, 0.25) is 0 Å². The van der Waals surface area contributed by atoms with Gasteiger partial charge in [0.2, 0.25) is 0 Å². The van der Waals surface area contributed by atoms with E-state index in [1.165, 1.54) is 22.7 Å². The molecule has 0 aliphatic carbocycles. The second kappa shape index (κ2) is 6.02. The molecule has 4 rings (SSSR count). The Hall–Kier alpha value is -1.98. The van der Waals surface area contributed by atoms with Crippen molar-refractivity contribution in [1.82, 2.24) is 9.36 Å². The second-order valence-corrected chi connectivity index (χ2v) is 6.90. The van der Waals surface area contributed by atoms with Crippen molar-refractivity contribution in [2.75, 3.05) is 0 Å². The summed E-state index contributed by atoms with van der Waals surface area (Å²) in [5.74, 6) is 0. The van der Waals surface area contributed by atoms with Gasteiger partial charge < -0.3 is 0 Å². The van der Waals surface area contributed by atoms with Gasteiger partial charge in [-0.25, -0.2) is 4.98 Å². The van der Waals surface area contributed by atoms with Crippen LogP contribution in [-0.4, -0.2) is 14.4 Å². The average molecular weight is 323 g/mol. The molecule has 0 saturated carbocycles. The van der Waals surface area contributed by atoms with Crippen LogP contribution in [0.25, 0.3) is 0 Å². The summed E-state index contributed by atoms with van der Waals surface area (Å²) in [5.41, 5.74) is 2.54. The van der Waals surface area contributed by atoms with Crippen LogP contribution in [0.15, 0.2) is 72.0 Å². The van der Waals surface area contributed by atoms with E-state index in [0.29, 0.717) is 0 Å². The molecule has 0 amide bonds. The quantitative estimate of drug-likeness (QED) is 0.711. The predicted molar refractivity (Wildman–Crippen MR) is 92.4 cm³/mol. The summed E-state index contributed by atoms with van der Waals surface area (Å²) < 4.78 is 4.10. The predicted octanol–water partition coefficient (Wildman–Crippen LogP) is 4.51. The lowest BCUT2D eigenvalue weighted by atomic mass is 9.99. The maximum absolute atomic E-state index is 4.95. The first-order chi connectivity index (χ1) is 10.9. The van der Waals surface area contributed by atoms with Gasteiger partial charge in [0, 0.05) is 0 Å². The molecule has 3 nitrogen and oxygen atoms in total. The highest BCUT2D eigenvalue weighted by Gasteiger charge is 2.34. The van der Waals surface area contributed by atoms with E-state index in [2.05, 4.69) is 57.9 Å². The first-order valence-corrected chi connectivity index (χ1v) is 8.68. The first kappa shape index (κ1) is 13.7. The van der Waals surface area contributed by atoms with E-state index in [1.807, 2.05) is 12.1 Å². The summed E-state index contributed by atoms with van der Waals surface area (Å²) in [6, 6.07) is 21.2. The standard InChI is InChI=1S/C17H13N3S2/c1-3-7-12(8-4-1)14-15(13-9-5-2-6-10-13)21-17(20-14)16-18-11-19-22-16/h1-11,14-15H. The Morgan fingerprint density at radius 3 is 2.14 bits per heavy atom. The average Bonchev–Trinajstić information content (AvgIpc) is 3.26. The highest BCUT2D eigenvalue weighted by molar-refractivity contribution is 8.15. The van der Waals surface area contributed by atoms with E-state index >= 15 is 0 Å². The van der Waals surface area contributed by atoms with Crippen LogP contribution in [-0.2, 0) is 0 Å². The van der Waals surface area contributed by atoms with E-state index < -0.39 is 0 Å². The van der Waals surface area contributed by atoms with Gasteiger partial charge in [0.15, 0.2) is 5.01 Å². The van der Waals surface area contributed by atoms with Crippen LogP contribution >= 0.6 is 23.3 Å². The van der Waals surface area contributed by atoms with Gasteiger partial charge in [0.05, 0.1) is 11.3 Å². The highest BCUT2D eigenvalue weighted by atomic mass is 32.2. The Kier molecular flexibility index (Phi) is 3.74. The Morgan fingerprint density at radius 2 is 1.50 bits per heavy atom. The topological polar surface area (TPSA) is 38.1 Å². The van der Waals surface area contributed by atoms with Gasteiger partial charge in [-0.3, -0.25) is 4.99 Å². The molecule has 0 saturated heterocycles. The molecule has 2 unspecified atom stereocenters. The van der Waals surface area contributed by atoms with Crippen LogP contribution < -0.4 is 0 Å². The van der Waals surface area contributed by atoms with Gasteiger partial charge in [-0.05, 0) is 22.7 Å². The van der Waals surface area contributed by atoms with E-state index in [9.17, 15) is 0 Å². The molecule has 22 heavy (non-hydrogen) atoms. The number of rotatable bonds is 3. The summed E-state index contributed by atoms with van der Waals surface area (Å²) in [7, 11) is 0. The number of benzene rings is 2. The van der Waals surface area contributed by atoms with Crippen molar-refractivity contribution in [1.29, 1.82) is 0 Å². The molecule has 0 bridgehead atoms. The molecule has 1 aromatic heterocycles. The zero-order valence-electron chi connectivity index (χ0n) is 11.7. The minimum absolute atomic E-state index is 0.118. The van der Waals surface area contributed by atoms with Crippen LogP contribution in [0, 0.1) is 0 Å². The maximum Gasteiger partial charge on any atom is 0.168 e. The lowest BCUT2D eigenvalue weighted by molar-refractivity contribution is 0.724. The summed E-state index contributed by atoms with van der Waals surface area (Å²) in [4.78, 5) is 9.26. The fourth-order valence-electron chi connectivity index (χ4n) is 2.57. The molecule has 2 aromatic carbocycles. The molecule has 0 N–H and O–H groups in total. The Bertz CT molecular complexity index is 770. The summed E-state index contributed by atoms with van der Waals surface area (Å²) >= 11 is 3.18. The molecule has 2 heterocycles. The summed E-state index contributed by atoms with van der Waals surface area (Å²) in [6.07, 6.45) is 1.59. The number of aliphatic imine (C=N–C) groups is 1. The van der Waals surface area contributed by atoms with Crippen molar-refractivity contribution in [2.24, 2.45) is 4.99 Å².